The van der Waals surface area contributed by atoms with E-state index < -0.39 is 5.97 Å². The van der Waals surface area contributed by atoms with E-state index in [1.54, 1.807) is 36.4 Å². The molecule has 0 N–H and O–H groups in total. The van der Waals surface area contributed by atoms with Crippen LogP contribution in [0.25, 0.3) is 22.9 Å². The monoisotopic (exact) mass is 632 g/mol. The number of nitrogens with zero attached hydrogens (tertiary/aromatic N) is 2. The summed E-state index contributed by atoms with van der Waals surface area (Å²) in [4.78, 5) is 12.7. The Labute approximate surface area is 277 Å². The van der Waals surface area contributed by atoms with Gasteiger partial charge in [0.05, 0.1) is 12.2 Å². The maximum absolute atomic E-state index is 12.7. The number of carbonyl (C=O) groups is 1. The van der Waals surface area contributed by atoms with Crippen LogP contribution in [-0.2, 0) is 6.61 Å². The molecule has 0 bridgehead atoms. The lowest BCUT2D eigenvalue weighted by Crippen LogP contribution is -2.08. The highest BCUT2D eigenvalue weighted by molar-refractivity contribution is 5.91. The molecule has 4 aromatic carbocycles. The maximum Gasteiger partial charge on any atom is 0.343 e. The van der Waals surface area contributed by atoms with Crippen molar-refractivity contribution in [3.05, 3.63) is 114 Å². The molecule has 0 fully saturated rings. The second kappa shape index (κ2) is 18.3. The molecule has 5 rings (SSSR count). The molecule has 244 valence electrons. The largest absolute Gasteiger partial charge is 0.494 e. The molecule has 0 amide bonds. The summed E-state index contributed by atoms with van der Waals surface area (Å²) in [5, 5.41) is 8.39. The molecule has 0 radical (unpaired) electrons. The topological polar surface area (TPSA) is 83.7 Å². The van der Waals surface area contributed by atoms with Crippen LogP contribution in [0.4, 0.5) is 0 Å². The summed E-state index contributed by atoms with van der Waals surface area (Å²) in [6.07, 6.45) is 12.9. The Hall–Kier alpha value is -4.91. The fourth-order valence-corrected chi connectivity index (χ4v) is 5.19. The zero-order valence-electron chi connectivity index (χ0n) is 27.2. The van der Waals surface area contributed by atoms with Gasteiger partial charge in [0.2, 0.25) is 11.8 Å². The van der Waals surface area contributed by atoms with Gasteiger partial charge in [-0.2, -0.15) is 0 Å². The molecule has 0 aliphatic carbocycles. The first-order chi connectivity index (χ1) is 23.2. The number of aromatic nitrogens is 2. The summed E-state index contributed by atoms with van der Waals surface area (Å²) in [6, 6.07) is 31.6. The van der Waals surface area contributed by atoms with Crippen LogP contribution in [0.5, 0.6) is 17.2 Å². The molecule has 0 saturated heterocycles. The van der Waals surface area contributed by atoms with Gasteiger partial charge in [-0.05, 0) is 84.8 Å². The normalized spacial score (nSPS) is 10.9. The van der Waals surface area contributed by atoms with Crippen molar-refractivity contribution in [3.8, 4) is 40.2 Å². The number of ether oxygens (including phenoxy) is 3. The van der Waals surface area contributed by atoms with E-state index in [4.69, 9.17) is 18.6 Å². The SMILES string of the molecule is CCCCCCCCCCCCOc1ccc(C(=O)Oc2ccc(-c3nnc(-c4ccc(OCc5ccccc5)cc4)o3)cc2)cc1. The number of unbranched alkanes of at least 4 members (excludes halogenated alkanes) is 9. The molecule has 47 heavy (non-hydrogen) atoms. The summed E-state index contributed by atoms with van der Waals surface area (Å²) < 4.78 is 23.2. The third-order valence-electron chi connectivity index (χ3n) is 7.94. The van der Waals surface area contributed by atoms with E-state index in [2.05, 4.69) is 17.1 Å². The first kappa shape index (κ1) is 33.5. The van der Waals surface area contributed by atoms with Crippen molar-refractivity contribution in [1.82, 2.24) is 10.2 Å². The van der Waals surface area contributed by atoms with Crippen molar-refractivity contribution in [2.45, 2.75) is 77.7 Å². The Bertz CT molecular complexity index is 1610. The van der Waals surface area contributed by atoms with Crippen LogP contribution >= 0.6 is 0 Å². The lowest BCUT2D eigenvalue weighted by atomic mass is 10.1. The molecule has 1 aromatic heterocycles. The molecular formula is C40H44N2O5. The number of carbonyl (C=O) groups excluding carboxylic acids is 1. The molecule has 0 spiro atoms. The molecular weight excluding hydrogens is 588 g/mol. The fourth-order valence-electron chi connectivity index (χ4n) is 5.19. The molecule has 7 nitrogen and oxygen atoms in total. The van der Waals surface area contributed by atoms with Gasteiger partial charge in [0, 0.05) is 11.1 Å². The van der Waals surface area contributed by atoms with Crippen LogP contribution in [0.15, 0.2) is 108 Å². The van der Waals surface area contributed by atoms with Crippen LogP contribution < -0.4 is 14.2 Å². The van der Waals surface area contributed by atoms with Crippen LogP contribution in [0.2, 0.25) is 0 Å². The number of esters is 1. The third-order valence-corrected chi connectivity index (χ3v) is 7.94. The smallest absolute Gasteiger partial charge is 0.343 e. The minimum Gasteiger partial charge on any atom is -0.494 e. The number of benzene rings is 4. The van der Waals surface area contributed by atoms with Crippen molar-refractivity contribution in [2.75, 3.05) is 6.61 Å². The van der Waals surface area contributed by atoms with Crippen LogP contribution in [-0.4, -0.2) is 22.8 Å². The Morgan fingerprint density at radius 3 is 1.68 bits per heavy atom. The molecule has 0 aliphatic rings. The van der Waals surface area contributed by atoms with Crippen LogP contribution in [0.3, 0.4) is 0 Å². The second-order valence-corrected chi connectivity index (χ2v) is 11.7. The van der Waals surface area contributed by atoms with Gasteiger partial charge >= 0.3 is 5.97 Å². The molecule has 0 aliphatic heterocycles. The lowest BCUT2D eigenvalue weighted by Gasteiger charge is -2.08. The second-order valence-electron chi connectivity index (χ2n) is 11.7. The van der Waals surface area contributed by atoms with E-state index in [0.717, 1.165) is 34.6 Å². The standard InChI is InChI=1S/C40H44N2O5/c1-2-3-4-5-6-7-8-9-10-14-29-44-35-25-21-34(22-26-35)40(43)46-37-27-19-33(20-28-37)39-42-41-38(47-39)32-17-23-36(24-18-32)45-30-31-15-12-11-13-16-31/h11-13,15-28H,2-10,14,29-30H2,1H3. The Kier molecular flexibility index (Phi) is 13.0. The minimum atomic E-state index is -0.435. The van der Waals surface area contributed by atoms with Crippen LogP contribution in [0.1, 0.15) is 87.1 Å². The van der Waals surface area contributed by atoms with E-state index in [-0.39, 0.29) is 0 Å². The number of hydrogen-bond acceptors (Lipinski definition) is 7. The Morgan fingerprint density at radius 2 is 1.09 bits per heavy atom. The minimum absolute atomic E-state index is 0.371. The average molecular weight is 633 g/mol. The lowest BCUT2D eigenvalue weighted by molar-refractivity contribution is 0.0734. The van der Waals surface area contributed by atoms with Gasteiger partial charge in [0.25, 0.3) is 0 Å². The predicted molar refractivity (Wildman–Crippen MR) is 185 cm³/mol. The molecule has 7 heteroatoms. The van der Waals surface area contributed by atoms with E-state index in [1.165, 1.54) is 57.8 Å². The average Bonchev–Trinajstić information content (AvgIpc) is 3.61. The number of rotatable bonds is 19. The van der Waals surface area contributed by atoms with Gasteiger partial charge in [-0.25, -0.2) is 4.79 Å². The van der Waals surface area contributed by atoms with E-state index in [0.29, 0.717) is 36.3 Å². The summed E-state index contributed by atoms with van der Waals surface area (Å²) in [6.45, 7) is 3.44. The zero-order chi connectivity index (χ0) is 32.5. The summed E-state index contributed by atoms with van der Waals surface area (Å²) >= 11 is 0. The summed E-state index contributed by atoms with van der Waals surface area (Å²) in [5.74, 6) is 2.28. The van der Waals surface area contributed by atoms with Crippen molar-refractivity contribution in [2.24, 2.45) is 0 Å². The Morgan fingerprint density at radius 1 is 0.574 bits per heavy atom. The molecule has 0 atom stereocenters. The van der Waals surface area contributed by atoms with Gasteiger partial charge in [-0.1, -0.05) is 95.0 Å². The quantitative estimate of drug-likeness (QED) is 0.0509. The summed E-state index contributed by atoms with van der Waals surface area (Å²) in [5.41, 5.74) is 3.07. The molecule has 1 heterocycles. The van der Waals surface area contributed by atoms with Crippen molar-refractivity contribution in [1.29, 1.82) is 0 Å². The van der Waals surface area contributed by atoms with Gasteiger partial charge in [-0.15, -0.1) is 10.2 Å². The van der Waals surface area contributed by atoms with E-state index >= 15 is 0 Å². The zero-order valence-corrected chi connectivity index (χ0v) is 27.2. The van der Waals surface area contributed by atoms with Crippen molar-refractivity contribution < 1.29 is 23.4 Å². The first-order valence-corrected chi connectivity index (χ1v) is 16.8. The predicted octanol–water partition coefficient (Wildman–Crippen LogP) is 10.5. The van der Waals surface area contributed by atoms with Crippen molar-refractivity contribution >= 4 is 5.97 Å². The highest BCUT2D eigenvalue weighted by Crippen LogP contribution is 2.27. The van der Waals surface area contributed by atoms with E-state index in [9.17, 15) is 4.79 Å². The first-order valence-electron chi connectivity index (χ1n) is 16.8. The number of hydrogen-bond donors (Lipinski definition) is 0. The molecule has 0 unspecified atom stereocenters. The van der Waals surface area contributed by atoms with Crippen LogP contribution in [0, 0.1) is 0 Å². The van der Waals surface area contributed by atoms with Gasteiger partial charge < -0.3 is 18.6 Å². The van der Waals surface area contributed by atoms with Gasteiger partial charge in [0.15, 0.2) is 0 Å². The third kappa shape index (κ3) is 10.8. The van der Waals surface area contributed by atoms with E-state index in [1.807, 2.05) is 66.7 Å². The maximum atomic E-state index is 12.7. The molecule has 5 aromatic rings. The summed E-state index contributed by atoms with van der Waals surface area (Å²) in [7, 11) is 0. The van der Waals surface area contributed by atoms with Crippen molar-refractivity contribution in [3.63, 3.8) is 0 Å². The molecule has 0 saturated carbocycles. The van der Waals surface area contributed by atoms with Gasteiger partial charge in [0.1, 0.15) is 23.9 Å². The highest BCUT2D eigenvalue weighted by atomic mass is 16.5. The van der Waals surface area contributed by atoms with Gasteiger partial charge in [-0.3, -0.25) is 0 Å². The fraction of sp³-hybridized carbons (Fsp3) is 0.325. The Balaban J connectivity index is 1.02. The highest BCUT2D eigenvalue weighted by Gasteiger charge is 2.13.